The fraction of sp³-hybridized carbons (Fsp3) is 0.417. The topological polar surface area (TPSA) is 29.1 Å². The highest BCUT2D eigenvalue weighted by Gasteiger charge is 1.98. The van der Waals surface area contributed by atoms with Gasteiger partial charge in [-0.15, -0.1) is 0 Å². The largest absolute Gasteiger partial charge is 0.356 e. The molecule has 0 saturated carbocycles. The van der Waals surface area contributed by atoms with Crippen LogP contribution in [0.3, 0.4) is 0 Å². The van der Waals surface area contributed by atoms with Crippen molar-refractivity contribution in [2.24, 2.45) is 0 Å². The summed E-state index contributed by atoms with van der Waals surface area (Å²) in [7, 11) is 0. The Morgan fingerprint density at radius 2 is 2.00 bits per heavy atom. The second-order valence-electron chi connectivity index (χ2n) is 3.48. The molecule has 1 aromatic rings. The summed E-state index contributed by atoms with van der Waals surface area (Å²) < 4.78 is 0. The van der Waals surface area contributed by atoms with Crippen LogP contribution >= 0.6 is 11.6 Å². The van der Waals surface area contributed by atoms with Crippen molar-refractivity contribution < 1.29 is 4.79 Å². The minimum absolute atomic E-state index is 0.131. The lowest BCUT2D eigenvalue weighted by Gasteiger charge is -2.04. The van der Waals surface area contributed by atoms with Crippen LogP contribution in [0.15, 0.2) is 24.3 Å². The van der Waals surface area contributed by atoms with Crippen molar-refractivity contribution in [2.45, 2.75) is 26.2 Å². The number of rotatable bonds is 5. The molecule has 0 saturated heterocycles. The van der Waals surface area contributed by atoms with E-state index >= 15 is 0 Å². The molecule has 1 N–H and O–H groups in total. The number of amides is 1. The predicted molar refractivity (Wildman–Crippen MR) is 63.1 cm³/mol. The van der Waals surface area contributed by atoms with Gasteiger partial charge in [-0.3, -0.25) is 4.79 Å². The van der Waals surface area contributed by atoms with Gasteiger partial charge in [0, 0.05) is 18.0 Å². The van der Waals surface area contributed by atoms with E-state index in [-0.39, 0.29) is 5.91 Å². The van der Waals surface area contributed by atoms with Crippen molar-refractivity contribution >= 4 is 17.5 Å². The Hall–Kier alpha value is -1.02. The number of benzene rings is 1. The minimum atomic E-state index is 0.131. The van der Waals surface area contributed by atoms with E-state index in [1.54, 1.807) is 0 Å². The SMILES string of the molecule is CCCC(=O)NCCc1ccc(Cl)cc1. The van der Waals surface area contributed by atoms with Crippen LogP contribution in [0.25, 0.3) is 0 Å². The maximum Gasteiger partial charge on any atom is 0.219 e. The number of carbonyl (C=O) groups is 1. The maximum atomic E-state index is 11.2. The molecule has 0 aliphatic rings. The van der Waals surface area contributed by atoms with Crippen molar-refractivity contribution in [1.29, 1.82) is 0 Å². The average molecular weight is 226 g/mol. The van der Waals surface area contributed by atoms with E-state index in [4.69, 9.17) is 11.6 Å². The molecule has 0 aromatic heterocycles. The van der Waals surface area contributed by atoms with E-state index < -0.39 is 0 Å². The Bertz CT molecular complexity index is 308. The van der Waals surface area contributed by atoms with E-state index in [0.29, 0.717) is 13.0 Å². The molecule has 0 atom stereocenters. The number of hydrogen-bond donors (Lipinski definition) is 1. The van der Waals surface area contributed by atoms with Crippen molar-refractivity contribution in [3.63, 3.8) is 0 Å². The van der Waals surface area contributed by atoms with Gasteiger partial charge >= 0.3 is 0 Å². The lowest BCUT2D eigenvalue weighted by atomic mass is 10.1. The van der Waals surface area contributed by atoms with Crippen LogP contribution in [0.2, 0.25) is 5.02 Å². The van der Waals surface area contributed by atoms with Gasteiger partial charge < -0.3 is 5.32 Å². The van der Waals surface area contributed by atoms with Crippen LogP contribution in [0.1, 0.15) is 25.3 Å². The van der Waals surface area contributed by atoms with Gasteiger partial charge in [-0.05, 0) is 30.5 Å². The summed E-state index contributed by atoms with van der Waals surface area (Å²) in [6.07, 6.45) is 2.36. The first-order valence-corrected chi connectivity index (χ1v) is 5.61. The van der Waals surface area contributed by atoms with Crippen molar-refractivity contribution in [1.82, 2.24) is 5.32 Å². The molecule has 1 rings (SSSR count). The van der Waals surface area contributed by atoms with Gasteiger partial charge in [0.25, 0.3) is 0 Å². The summed E-state index contributed by atoms with van der Waals surface area (Å²) >= 11 is 5.77. The summed E-state index contributed by atoms with van der Waals surface area (Å²) in [5.41, 5.74) is 1.19. The second kappa shape index (κ2) is 6.46. The van der Waals surface area contributed by atoms with Crippen LogP contribution in [-0.4, -0.2) is 12.5 Å². The van der Waals surface area contributed by atoms with Crippen LogP contribution < -0.4 is 5.32 Å². The molecule has 82 valence electrons. The van der Waals surface area contributed by atoms with Crippen LogP contribution in [0.4, 0.5) is 0 Å². The Morgan fingerprint density at radius 1 is 1.33 bits per heavy atom. The molecule has 0 aliphatic heterocycles. The van der Waals surface area contributed by atoms with E-state index in [2.05, 4.69) is 5.32 Å². The van der Waals surface area contributed by atoms with Crippen molar-refractivity contribution in [2.75, 3.05) is 6.54 Å². The first kappa shape index (κ1) is 12.1. The molecule has 0 unspecified atom stereocenters. The van der Waals surface area contributed by atoms with Gasteiger partial charge in [-0.1, -0.05) is 30.7 Å². The third kappa shape index (κ3) is 4.84. The van der Waals surface area contributed by atoms with Crippen LogP contribution in [-0.2, 0) is 11.2 Å². The van der Waals surface area contributed by atoms with Gasteiger partial charge in [0.1, 0.15) is 0 Å². The first-order chi connectivity index (χ1) is 7.22. The fourth-order valence-electron chi connectivity index (χ4n) is 1.31. The summed E-state index contributed by atoms with van der Waals surface area (Å²) in [6, 6.07) is 7.69. The van der Waals surface area contributed by atoms with Crippen LogP contribution in [0, 0.1) is 0 Å². The Kier molecular flexibility index (Phi) is 5.19. The van der Waals surface area contributed by atoms with Gasteiger partial charge in [0.15, 0.2) is 0 Å². The zero-order valence-electron chi connectivity index (χ0n) is 8.92. The van der Waals surface area contributed by atoms with Gasteiger partial charge in [0.05, 0.1) is 0 Å². The molecule has 3 heteroatoms. The molecule has 1 amide bonds. The quantitative estimate of drug-likeness (QED) is 0.821. The Labute approximate surface area is 95.6 Å². The van der Waals surface area contributed by atoms with E-state index in [1.165, 1.54) is 5.56 Å². The molecular formula is C12H16ClNO. The van der Waals surface area contributed by atoms with E-state index in [1.807, 2.05) is 31.2 Å². The highest BCUT2D eigenvalue weighted by Crippen LogP contribution is 2.09. The Morgan fingerprint density at radius 3 is 2.60 bits per heavy atom. The summed E-state index contributed by atoms with van der Waals surface area (Å²) in [6.45, 7) is 2.69. The predicted octanol–water partition coefficient (Wildman–Crippen LogP) is 2.80. The fourth-order valence-corrected chi connectivity index (χ4v) is 1.44. The van der Waals surface area contributed by atoms with E-state index in [9.17, 15) is 4.79 Å². The van der Waals surface area contributed by atoms with Gasteiger partial charge in [0.2, 0.25) is 5.91 Å². The summed E-state index contributed by atoms with van der Waals surface area (Å²) in [4.78, 5) is 11.2. The number of halogens is 1. The molecule has 0 aliphatic carbocycles. The molecule has 2 nitrogen and oxygen atoms in total. The second-order valence-corrected chi connectivity index (χ2v) is 3.91. The van der Waals surface area contributed by atoms with Gasteiger partial charge in [-0.2, -0.15) is 0 Å². The zero-order valence-corrected chi connectivity index (χ0v) is 9.68. The summed E-state index contributed by atoms with van der Waals surface area (Å²) in [5, 5.41) is 3.62. The highest BCUT2D eigenvalue weighted by molar-refractivity contribution is 6.30. The van der Waals surface area contributed by atoms with Crippen LogP contribution in [0.5, 0.6) is 0 Å². The first-order valence-electron chi connectivity index (χ1n) is 5.23. The minimum Gasteiger partial charge on any atom is -0.356 e. The van der Waals surface area contributed by atoms with Gasteiger partial charge in [-0.25, -0.2) is 0 Å². The molecule has 15 heavy (non-hydrogen) atoms. The zero-order chi connectivity index (χ0) is 11.1. The number of nitrogens with one attached hydrogen (secondary N) is 1. The van der Waals surface area contributed by atoms with Crippen molar-refractivity contribution in [3.8, 4) is 0 Å². The smallest absolute Gasteiger partial charge is 0.219 e. The standard InChI is InChI=1S/C12H16ClNO/c1-2-3-12(15)14-9-8-10-4-6-11(13)7-5-10/h4-7H,2-3,8-9H2,1H3,(H,14,15). The summed E-state index contributed by atoms with van der Waals surface area (Å²) in [5.74, 6) is 0.131. The average Bonchev–Trinajstić information content (AvgIpc) is 2.21. The lowest BCUT2D eigenvalue weighted by Crippen LogP contribution is -2.25. The van der Waals surface area contributed by atoms with Crippen molar-refractivity contribution in [3.05, 3.63) is 34.9 Å². The molecule has 0 fully saturated rings. The number of carbonyl (C=O) groups excluding carboxylic acids is 1. The third-order valence-electron chi connectivity index (χ3n) is 2.13. The molecule has 0 radical (unpaired) electrons. The third-order valence-corrected chi connectivity index (χ3v) is 2.38. The molecule has 0 heterocycles. The highest BCUT2D eigenvalue weighted by atomic mass is 35.5. The normalized spacial score (nSPS) is 10.0. The maximum absolute atomic E-state index is 11.2. The number of hydrogen-bond acceptors (Lipinski definition) is 1. The molecule has 0 spiro atoms. The van der Waals surface area contributed by atoms with E-state index in [0.717, 1.165) is 17.9 Å². The Balaban J connectivity index is 2.26. The molecular weight excluding hydrogens is 210 g/mol. The molecule has 1 aromatic carbocycles. The molecule has 0 bridgehead atoms. The lowest BCUT2D eigenvalue weighted by molar-refractivity contribution is -0.121. The monoisotopic (exact) mass is 225 g/mol.